The first-order chi connectivity index (χ1) is 18.5. The van der Waals surface area contributed by atoms with Gasteiger partial charge in [-0.2, -0.15) is 0 Å². The van der Waals surface area contributed by atoms with Crippen LogP contribution in [0.25, 0.3) is 21.8 Å². The first-order valence-corrected chi connectivity index (χ1v) is 14.0. The van der Waals surface area contributed by atoms with Gasteiger partial charge in [0, 0.05) is 40.3 Å². The number of imidazole rings is 1. The zero-order chi connectivity index (χ0) is 26.6. The molecule has 0 unspecified atom stereocenters. The lowest BCUT2D eigenvalue weighted by Gasteiger charge is -2.25. The van der Waals surface area contributed by atoms with Crippen LogP contribution in [0, 0.1) is 0 Å². The third kappa shape index (κ3) is 5.79. The van der Waals surface area contributed by atoms with E-state index in [4.69, 9.17) is 44.5 Å². The molecule has 4 nitrogen and oxygen atoms in total. The summed E-state index contributed by atoms with van der Waals surface area (Å²) in [6.45, 7) is 7.56. The summed E-state index contributed by atoms with van der Waals surface area (Å²) in [5.74, 6) is 1.89. The van der Waals surface area contributed by atoms with Gasteiger partial charge in [-0.25, -0.2) is 4.98 Å². The molecule has 0 aliphatic heterocycles. The van der Waals surface area contributed by atoms with Crippen molar-refractivity contribution in [3.8, 4) is 5.75 Å². The van der Waals surface area contributed by atoms with Gasteiger partial charge in [0.25, 0.3) is 0 Å². The molecule has 0 amide bonds. The maximum atomic E-state index is 6.65. The fourth-order valence-electron chi connectivity index (χ4n) is 4.99. The summed E-state index contributed by atoms with van der Waals surface area (Å²) in [5.41, 5.74) is 4.16. The van der Waals surface area contributed by atoms with Crippen LogP contribution in [-0.2, 0) is 26.2 Å². The molecule has 0 bridgehead atoms. The van der Waals surface area contributed by atoms with Gasteiger partial charge >= 0.3 is 0 Å². The smallest absolute Gasteiger partial charge is 0.124 e. The van der Waals surface area contributed by atoms with Gasteiger partial charge in [0.1, 0.15) is 11.6 Å². The molecule has 5 rings (SSSR count). The highest BCUT2D eigenvalue weighted by Crippen LogP contribution is 2.32. The molecule has 196 valence electrons. The molecule has 0 saturated heterocycles. The van der Waals surface area contributed by atoms with Crippen LogP contribution in [0.2, 0.25) is 15.1 Å². The average Bonchev–Trinajstić information content (AvgIpc) is 3.23. The van der Waals surface area contributed by atoms with Crippen LogP contribution in [0.4, 0.5) is 0 Å². The van der Waals surface area contributed by atoms with Gasteiger partial charge < -0.3 is 9.30 Å². The van der Waals surface area contributed by atoms with Crippen LogP contribution < -0.4 is 4.74 Å². The van der Waals surface area contributed by atoms with Crippen LogP contribution in [0.3, 0.4) is 0 Å². The summed E-state index contributed by atoms with van der Waals surface area (Å²) in [6.07, 6.45) is 0.992. The Bertz CT molecular complexity index is 1580. The third-order valence-electron chi connectivity index (χ3n) is 6.69. The van der Waals surface area contributed by atoms with E-state index in [1.165, 1.54) is 10.8 Å². The summed E-state index contributed by atoms with van der Waals surface area (Å²) in [6, 6.07) is 24.2. The molecule has 0 atom stereocenters. The highest BCUT2D eigenvalue weighted by molar-refractivity contribution is 6.35. The summed E-state index contributed by atoms with van der Waals surface area (Å²) >= 11 is 19.2. The lowest BCUT2D eigenvalue weighted by molar-refractivity contribution is 0.233. The van der Waals surface area contributed by atoms with E-state index in [1.807, 2.05) is 37.3 Å². The molecular weight excluding hydrogens is 537 g/mol. The molecule has 0 aliphatic carbocycles. The van der Waals surface area contributed by atoms with E-state index < -0.39 is 0 Å². The first kappa shape index (κ1) is 26.8. The van der Waals surface area contributed by atoms with E-state index in [0.29, 0.717) is 41.3 Å². The van der Waals surface area contributed by atoms with Gasteiger partial charge in [-0.3, -0.25) is 4.90 Å². The second-order valence-corrected chi connectivity index (χ2v) is 10.7. The summed E-state index contributed by atoms with van der Waals surface area (Å²) in [5, 5.41) is 4.35. The lowest BCUT2D eigenvalue weighted by atomic mass is 10.0. The average molecular weight is 567 g/mol. The van der Waals surface area contributed by atoms with E-state index >= 15 is 0 Å². The topological polar surface area (TPSA) is 30.3 Å². The second kappa shape index (κ2) is 12.0. The van der Waals surface area contributed by atoms with Gasteiger partial charge in [0.15, 0.2) is 0 Å². The van der Waals surface area contributed by atoms with Gasteiger partial charge in [-0.1, -0.05) is 78.1 Å². The van der Waals surface area contributed by atoms with Crippen LogP contribution in [-0.4, -0.2) is 21.1 Å². The largest absolute Gasteiger partial charge is 0.494 e. The molecule has 1 heterocycles. The maximum Gasteiger partial charge on any atom is 0.124 e. The number of fused-ring (bicyclic) bond motifs is 2. The Balaban J connectivity index is 1.59. The molecular formula is C31H30Cl3N3O. The van der Waals surface area contributed by atoms with Crippen molar-refractivity contribution in [3.63, 3.8) is 0 Å². The standard InChI is InChI=1S/C31H30Cl3N3O/c1-3-15-37-29-17-24(33)12-13-28(29)35-31(37)20-36(18-22-9-11-23(32)16-27(22)34)19-26-25-8-6-5-7-21(25)10-14-30(26)38-4-2/h5-14,16-17H,3-4,15,18-20H2,1-2H3. The van der Waals surface area contributed by atoms with Crippen molar-refractivity contribution in [1.82, 2.24) is 14.5 Å². The minimum Gasteiger partial charge on any atom is -0.494 e. The molecule has 0 fully saturated rings. The minimum atomic E-state index is 0.599. The molecule has 0 radical (unpaired) electrons. The normalized spacial score (nSPS) is 11.6. The van der Waals surface area contributed by atoms with Crippen molar-refractivity contribution in [2.45, 2.75) is 46.4 Å². The Morgan fingerprint density at radius 3 is 2.42 bits per heavy atom. The van der Waals surface area contributed by atoms with E-state index in [-0.39, 0.29) is 0 Å². The fourth-order valence-corrected chi connectivity index (χ4v) is 5.63. The molecule has 0 spiro atoms. The Labute approximate surface area is 238 Å². The van der Waals surface area contributed by atoms with Gasteiger partial charge in [-0.15, -0.1) is 0 Å². The summed E-state index contributed by atoms with van der Waals surface area (Å²) in [4.78, 5) is 7.40. The zero-order valence-corrected chi connectivity index (χ0v) is 23.8. The molecule has 1 aromatic heterocycles. The minimum absolute atomic E-state index is 0.599. The van der Waals surface area contributed by atoms with Crippen molar-refractivity contribution < 1.29 is 4.74 Å². The highest BCUT2D eigenvalue weighted by atomic mass is 35.5. The number of rotatable bonds is 10. The van der Waals surface area contributed by atoms with Crippen molar-refractivity contribution in [2.75, 3.05) is 6.61 Å². The molecule has 0 N–H and O–H groups in total. The predicted molar refractivity (Wildman–Crippen MR) is 160 cm³/mol. The van der Waals surface area contributed by atoms with Crippen LogP contribution >= 0.6 is 34.8 Å². The maximum absolute atomic E-state index is 6.65. The van der Waals surface area contributed by atoms with Gasteiger partial charge in [0.05, 0.1) is 24.2 Å². The quantitative estimate of drug-likeness (QED) is 0.169. The van der Waals surface area contributed by atoms with Crippen molar-refractivity contribution in [3.05, 3.63) is 105 Å². The first-order valence-electron chi connectivity index (χ1n) is 12.9. The monoisotopic (exact) mass is 565 g/mol. The Kier molecular flexibility index (Phi) is 8.45. The number of hydrogen-bond acceptors (Lipinski definition) is 3. The van der Waals surface area contributed by atoms with E-state index in [2.05, 4.69) is 52.8 Å². The number of ether oxygens (including phenoxy) is 1. The third-order valence-corrected chi connectivity index (χ3v) is 7.51. The molecule has 7 heteroatoms. The number of benzene rings is 4. The van der Waals surface area contributed by atoms with Crippen LogP contribution in [0.15, 0.2) is 72.8 Å². The van der Waals surface area contributed by atoms with Crippen molar-refractivity contribution in [1.29, 1.82) is 0 Å². The molecule has 0 aliphatic rings. The Morgan fingerprint density at radius 2 is 1.63 bits per heavy atom. The number of aryl methyl sites for hydroxylation is 1. The van der Waals surface area contributed by atoms with Crippen molar-refractivity contribution >= 4 is 56.6 Å². The number of halogens is 3. The molecule has 0 saturated carbocycles. The van der Waals surface area contributed by atoms with Gasteiger partial charge in [0.2, 0.25) is 0 Å². The molecule has 5 aromatic rings. The number of hydrogen-bond donors (Lipinski definition) is 0. The van der Waals surface area contributed by atoms with Crippen molar-refractivity contribution in [2.24, 2.45) is 0 Å². The number of aromatic nitrogens is 2. The fraction of sp³-hybridized carbons (Fsp3) is 0.258. The van der Waals surface area contributed by atoms with E-state index in [0.717, 1.165) is 46.7 Å². The SMILES string of the molecule is CCCn1c(CN(Cc2ccc(Cl)cc2Cl)Cc2c(OCC)ccc3ccccc23)nc2ccc(Cl)cc21. The summed E-state index contributed by atoms with van der Waals surface area (Å²) < 4.78 is 8.39. The van der Waals surface area contributed by atoms with E-state index in [9.17, 15) is 0 Å². The zero-order valence-electron chi connectivity index (χ0n) is 21.6. The predicted octanol–water partition coefficient (Wildman–Crippen LogP) is 9.16. The molecule has 4 aromatic carbocycles. The highest BCUT2D eigenvalue weighted by Gasteiger charge is 2.19. The van der Waals surface area contributed by atoms with Crippen LogP contribution in [0.1, 0.15) is 37.2 Å². The van der Waals surface area contributed by atoms with Crippen LogP contribution in [0.5, 0.6) is 5.75 Å². The Hall–Kier alpha value is -2.76. The number of nitrogens with zero attached hydrogens (tertiary/aromatic N) is 3. The summed E-state index contributed by atoms with van der Waals surface area (Å²) in [7, 11) is 0. The molecule has 38 heavy (non-hydrogen) atoms. The van der Waals surface area contributed by atoms with Gasteiger partial charge in [-0.05, 0) is 66.1 Å². The second-order valence-electron chi connectivity index (χ2n) is 9.39. The Morgan fingerprint density at radius 1 is 0.842 bits per heavy atom. The lowest BCUT2D eigenvalue weighted by Crippen LogP contribution is -2.25. The van der Waals surface area contributed by atoms with E-state index in [1.54, 1.807) is 6.07 Å².